The molecular formula is C33H25Br. The highest BCUT2D eigenvalue weighted by Gasteiger charge is 2.35. The Bertz CT molecular complexity index is 1510. The van der Waals surface area contributed by atoms with Gasteiger partial charge >= 0.3 is 0 Å². The van der Waals surface area contributed by atoms with Crippen molar-refractivity contribution in [2.45, 2.75) is 19.3 Å². The number of rotatable bonds is 3. The maximum absolute atomic E-state index is 3.57. The SMILES string of the molecule is CC1(C)c2ccccc2-c2ccc(-c3cc(-c4ccccc4)cc(-c4ccc(Br)cc4)c3)cc21. The second kappa shape index (κ2) is 8.11. The van der Waals surface area contributed by atoms with Crippen LogP contribution in [0.1, 0.15) is 25.0 Å². The molecule has 1 heteroatoms. The highest BCUT2D eigenvalue weighted by Crippen LogP contribution is 2.49. The summed E-state index contributed by atoms with van der Waals surface area (Å²) in [5.41, 5.74) is 13.0. The molecule has 0 radical (unpaired) electrons. The number of halogens is 1. The molecule has 0 amide bonds. The van der Waals surface area contributed by atoms with E-state index >= 15 is 0 Å². The lowest BCUT2D eigenvalue weighted by Gasteiger charge is -2.22. The largest absolute Gasteiger partial charge is 0.0622 e. The highest BCUT2D eigenvalue weighted by molar-refractivity contribution is 9.10. The maximum atomic E-state index is 3.57. The van der Waals surface area contributed by atoms with E-state index in [1.165, 1.54) is 55.6 Å². The van der Waals surface area contributed by atoms with Gasteiger partial charge in [-0.05, 0) is 92.0 Å². The molecule has 0 fully saturated rings. The van der Waals surface area contributed by atoms with Gasteiger partial charge in [0.2, 0.25) is 0 Å². The molecule has 0 nitrogen and oxygen atoms in total. The average molecular weight is 501 g/mol. The Morgan fingerprint density at radius 1 is 0.441 bits per heavy atom. The summed E-state index contributed by atoms with van der Waals surface area (Å²) in [6, 6.07) is 42.0. The third-order valence-electron chi connectivity index (χ3n) is 7.13. The van der Waals surface area contributed by atoms with Gasteiger partial charge in [-0.2, -0.15) is 0 Å². The molecule has 1 aliphatic rings. The first kappa shape index (κ1) is 21.1. The van der Waals surface area contributed by atoms with E-state index in [-0.39, 0.29) is 5.41 Å². The maximum Gasteiger partial charge on any atom is 0.0175 e. The molecule has 0 bridgehead atoms. The van der Waals surface area contributed by atoms with Crippen molar-refractivity contribution in [3.63, 3.8) is 0 Å². The molecule has 0 heterocycles. The number of hydrogen-bond acceptors (Lipinski definition) is 0. The molecule has 6 rings (SSSR count). The standard InChI is InChI=1S/C33H25Br/c1-33(2)31-11-7-6-10-29(31)30-17-14-24(21-32(30)33)27-19-25(22-8-4-3-5-9-22)18-26(20-27)23-12-15-28(34)16-13-23/h3-21H,1-2H3. The minimum absolute atomic E-state index is 0.00643. The molecule has 0 saturated carbocycles. The Balaban J connectivity index is 1.53. The Morgan fingerprint density at radius 2 is 0.971 bits per heavy atom. The van der Waals surface area contributed by atoms with Crippen molar-refractivity contribution in [2.75, 3.05) is 0 Å². The topological polar surface area (TPSA) is 0 Å². The molecule has 5 aromatic rings. The molecule has 1 aliphatic carbocycles. The van der Waals surface area contributed by atoms with Gasteiger partial charge in [-0.25, -0.2) is 0 Å². The molecular weight excluding hydrogens is 476 g/mol. The van der Waals surface area contributed by atoms with Gasteiger partial charge in [0, 0.05) is 9.89 Å². The normalized spacial score (nSPS) is 13.4. The first-order valence-corrected chi connectivity index (χ1v) is 12.5. The minimum Gasteiger partial charge on any atom is -0.0622 e. The number of fused-ring (bicyclic) bond motifs is 3. The average Bonchev–Trinajstić information content (AvgIpc) is 3.11. The summed E-state index contributed by atoms with van der Waals surface area (Å²) < 4.78 is 1.09. The molecule has 5 aromatic carbocycles. The monoisotopic (exact) mass is 500 g/mol. The van der Waals surface area contributed by atoms with Crippen LogP contribution >= 0.6 is 15.9 Å². The van der Waals surface area contributed by atoms with Crippen LogP contribution in [0.2, 0.25) is 0 Å². The zero-order valence-electron chi connectivity index (χ0n) is 19.3. The summed E-state index contributed by atoms with van der Waals surface area (Å²) >= 11 is 3.57. The van der Waals surface area contributed by atoms with E-state index in [1.807, 2.05) is 0 Å². The van der Waals surface area contributed by atoms with E-state index in [4.69, 9.17) is 0 Å². The zero-order valence-corrected chi connectivity index (χ0v) is 20.9. The fourth-order valence-electron chi connectivity index (χ4n) is 5.28. The zero-order chi connectivity index (χ0) is 23.3. The van der Waals surface area contributed by atoms with E-state index in [1.54, 1.807) is 0 Å². The van der Waals surface area contributed by atoms with Crippen molar-refractivity contribution in [3.8, 4) is 44.5 Å². The third kappa shape index (κ3) is 3.52. The summed E-state index contributed by atoms with van der Waals surface area (Å²) in [5, 5.41) is 0. The lowest BCUT2D eigenvalue weighted by Crippen LogP contribution is -2.14. The van der Waals surface area contributed by atoms with Crippen LogP contribution in [0.25, 0.3) is 44.5 Å². The molecule has 0 N–H and O–H groups in total. The van der Waals surface area contributed by atoms with Gasteiger partial charge in [0.15, 0.2) is 0 Å². The van der Waals surface area contributed by atoms with Crippen LogP contribution in [0.4, 0.5) is 0 Å². The quantitative estimate of drug-likeness (QED) is 0.231. The van der Waals surface area contributed by atoms with E-state index in [0.717, 1.165) is 4.47 Å². The highest BCUT2D eigenvalue weighted by atomic mass is 79.9. The van der Waals surface area contributed by atoms with E-state index in [2.05, 4.69) is 145 Å². The van der Waals surface area contributed by atoms with Crippen LogP contribution in [0, 0.1) is 0 Å². The van der Waals surface area contributed by atoms with Crippen LogP contribution in [-0.2, 0) is 5.41 Å². The summed E-state index contributed by atoms with van der Waals surface area (Å²) in [5.74, 6) is 0. The molecule has 0 saturated heterocycles. The van der Waals surface area contributed by atoms with Gasteiger partial charge in [-0.1, -0.05) is 109 Å². The Hall–Kier alpha value is -3.42. The van der Waals surface area contributed by atoms with Crippen LogP contribution in [-0.4, -0.2) is 0 Å². The van der Waals surface area contributed by atoms with Gasteiger partial charge in [0.1, 0.15) is 0 Å². The molecule has 0 aliphatic heterocycles. The molecule has 34 heavy (non-hydrogen) atoms. The van der Waals surface area contributed by atoms with Crippen molar-refractivity contribution in [1.29, 1.82) is 0 Å². The van der Waals surface area contributed by atoms with Crippen molar-refractivity contribution < 1.29 is 0 Å². The molecule has 0 unspecified atom stereocenters. The van der Waals surface area contributed by atoms with Gasteiger partial charge in [0.05, 0.1) is 0 Å². The van der Waals surface area contributed by atoms with Crippen LogP contribution < -0.4 is 0 Å². The first-order valence-electron chi connectivity index (χ1n) is 11.7. The molecule has 164 valence electrons. The molecule has 0 aromatic heterocycles. The van der Waals surface area contributed by atoms with Gasteiger partial charge in [-0.15, -0.1) is 0 Å². The van der Waals surface area contributed by atoms with E-state index in [9.17, 15) is 0 Å². The third-order valence-corrected chi connectivity index (χ3v) is 7.66. The second-order valence-electron chi connectivity index (χ2n) is 9.60. The van der Waals surface area contributed by atoms with Gasteiger partial charge in [-0.3, -0.25) is 0 Å². The van der Waals surface area contributed by atoms with Crippen molar-refractivity contribution >= 4 is 15.9 Å². The van der Waals surface area contributed by atoms with Gasteiger partial charge < -0.3 is 0 Å². The predicted molar refractivity (Wildman–Crippen MR) is 148 cm³/mol. The Kier molecular flexibility index (Phi) is 5.04. The van der Waals surface area contributed by atoms with E-state index in [0.29, 0.717) is 0 Å². The fourth-order valence-corrected chi connectivity index (χ4v) is 5.55. The fraction of sp³-hybridized carbons (Fsp3) is 0.0909. The van der Waals surface area contributed by atoms with Crippen molar-refractivity contribution in [3.05, 3.63) is 131 Å². The smallest absolute Gasteiger partial charge is 0.0175 e. The summed E-state index contributed by atoms with van der Waals surface area (Å²) in [6.07, 6.45) is 0. The predicted octanol–water partition coefficient (Wildman–Crippen LogP) is 9.76. The van der Waals surface area contributed by atoms with Crippen LogP contribution in [0.5, 0.6) is 0 Å². The van der Waals surface area contributed by atoms with Crippen LogP contribution in [0.3, 0.4) is 0 Å². The van der Waals surface area contributed by atoms with Crippen molar-refractivity contribution in [1.82, 2.24) is 0 Å². The second-order valence-corrected chi connectivity index (χ2v) is 10.5. The lowest BCUT2D eigenvalue weighted by atomic mass is 9.81. The summed E-state index contributed by atoms with van der Waals surface area (Å²) in [4.78, 5) is 0. The van der Waals surface area contributed by atoms with Crippen molar-refractivity contribution in [2.24, 2.45) is 0 Å². The lowest BCUT2D eigenvalue weighted by molar-refractivity contribution is 0.660. The summed E-state index contributed by atoms with van der Waals surface area (Å²) in [6.45, 7) is 4.68. The van der Waals surface area contributed by atoms with Crippen LogP contribution in [0.15, 0.2) is 120 Å². The van der Waals surface area contributed by atoms with E-state index < -0.39 is 0 Å². The molecule has 0 atom stereocenters. The number of hydrogen-bond donors (Lipinski definition) is 0. The Labute approximate surface area is 210 Å². The number of benzene rings is 5. The first-order chi connectivity index (χ1) is 16.5. The Morgan fingerprint density at radius 3 is 1.68 bits per heavy atom. The summed E-state index contributed by atoms with van der Waals surface area (Å²) in [7, 11) is 0. The van der Waals surface area contributed by atoms with Gasteiger partial charge in [0.25, 0.3) is 0 Å². The minimum atomic E-state index is -0.00643. The molecule has 0 spiro atoms.